The second-order valence-electron chi connectivity index (χ2n) is 6.59. The number of aliphatic hydroxyl groups excluding tert-OH is 1. The monoisotopic (exact) mass is 290 g/mol. The van der Waals surface area contributed by atoms with Crippen molar-refractivity contribution < 1.29 is 9.90 Å². The second-order valence-corrected chi connectivity index (χ2v) is 6.59. The predicted octanol–water partition coefficient (Wildman–Crippen LogP) is 2.87. The van der Waals surface area contributed by atoms with Crippen LogP contribution in [0.2, 0.25) is 0 Å². The van der Waals surface area contributed by atoms with E-state index in [1.807, 2.05) is 13.0 Å². The van der Waals surface area contributed by atoms with Gasteiger partial charge >= 0.3 is 6.03 Å². The van der Waals surface area contributed by atoms with Gasteiger partial charge in [0.1, 0.15) is 0 Å². The van der Waals surface area contributed by atoms with E-state index in [1.165, 1.54) is 11.1 Å². The van der Waals surface area contributed by atoms with Gasteiger partial charge in [-0.15, -0.1) is 0 Å². The minimum absolute atomic E-state index is 0.0229. The fourth-order valence-electron chi connectivity index (χ4n) is 3.05. The minimum atomic E-state index is -0.157. The van der Waals surface area contributed by atoms with Gasteiger partial charge in [-0.3, -0.25) is 0 Å². The Kier molecular flexibility index (Phi) is 4.88. The van der Waals surface area contributed by atoms with Crippen molar-refractivity contribution in [2.24, 2.45) is 0 Å². The Labute approximate surface area is 126 Å². The first-order valence-electron chi connectivity index (χ1n) is 7.71. The SMILES string of the molecule is C[C@H](CCO)NC(=O)NC1CCC(C)(C)c2ccccc21. The summed E-state index contributed by atoms with van der Waals surface area (Å²) in [5.41, 5.74) is 2.71. The number of nitrogens with one attached hydrogen (secondary N) is 2. The van der Waals surface area contributed by atoms with Gasteiger partial charge in [0.2, 0.25) is 0 Å². The third kappa shape index (κ3) is 3.76. The van der Waals surface area contributed by atoms with Crippen LogP contribution in [-0.4, -0.2) is 23.8 Å². The van der Waals surface area contributed by atoms with Crippen LogP contribution in [0.3, 0.4) is 0 Å². The van der Waals surface area contributed by atoms with E-state index in [9.17, 15) is 4.79 Å². The first-order chi connectivity index (χ1) is 9.94. The molecule has 21 heavy (non-hydrogen) atoms. The van der Waals surface area contributed by atoms with Crippen molar-refractivity contribution in [1.29, 1.82) is 0 Å². The Morgan fingerprint density at radius 3 is 2.86 bits per heavy atom. The van der Waals surface area contributed by atoms with Crippen LogP contribution in [0.1, 0.15) is 57.2 Å². The highest BCUT2D eigenvalue weighted by atomic mass is 16.3. The zero-order valence-electron chi connectivity index (χ0n) is 13.1. The molecule has 0 aliphatic heterocycles. The number of rotatable bonds is 4. The molecule has 3 N–H and O–H groups in total. The number of amides is 2. The molecule has 2 rings (SSSR count). The van der Waals surface area contributed by atoms with Crippen molar-refractivity contribution in [3.05, 3.63) is 35.4 Å². The molecule has 0 radical (unpaired) electrons. The molecule has 0 saturated carbocycles. The maximum Gasteiger partial charge on any atom is 0.315 e. The van der Waals surface area contributed by atoms with E-state index < -0.39 is 0 Å². The Morgan fingerprint density at radius 2 is 2.14 bits per heavy atom. The number of hydrogen-bond donors (Lipinski definition) is 3. The van der Waals surface area contributed by atoms with E-state index in [0.29, 0.717) is 6.42 Å². The Bertz CT molecular complexity index is 499. The maximum absolute atomic E-state index is 12.1. The first-order valence-corrected chi connectivity index (χ1v) is 7.71. The molecule has 0 heterocycles. The van der Waals surface area contributed by atoms with Crippen molar-refractivity contribution in [3.8, 4) is 0 Å². The van der Waals surface area contributed by atoms with E-state index in [0.717, 1.165) is 12.8 Å². The zero-order valence-corrected chi connectivity index (χ0v) is 13.1. The van der Waals surface area contributed by atoms with Gasteiger partial charge in [-0.1, -0.05) is 38.1 Å². The van der Waals surface area contributed by atoms with E-state index in [-0.39, 0.29) is 30.1 Å². The number of fused-ring (bicyclic) bond motifs is 1. The van der Waals surface area contributed by atoms with Gasteiger partial charge in [-0.25, -0.2) is 4.79 Å². The van der Waals surface area contributed by atoms with Crippen LogP contribution < -0.4 is 10.6 Å². The summed E-state index contributed by atoms with van der Waals surface area (Å²) < 4.78 is 0. The molecule has 0 fully saturated rings. The molecule has 1 aliphatic rings. The molecule has 0 spiro atoms. The van der Waals surface area contributed by atoms with Crippen LogP contribution >= 0.6 is 0 Å². The highest BCUT2D eigenvalue weighted by Gasteiger charge is 2.32. The topological polar surface area (TPSA) is 61.4 Å². The van der Waals surface area contributed by atoms with Crippen molar-refractivity contribution >= 4 is 6.03 Å². The van der Waals surface area contributed by atoms with Gasteiger partial charge in [0, 0.05) is 12.6 Å². The lowest BCUT2D eigenvalue weighted by Crippen LogP contribution is -2.44. The number of carbonyl (C=O) groups excluding carboxylic acids is 1. The molecule has 1 aromatic rings. The summed E-state index contributed by atoms with van der Waals surface area (Å²) in [5.74, 6) is 0. The van der Waals surface area contributed by atoms with Gasteiger partial charge in [-0.2, -0.15) is 0 Å². The molecule has 2 atom stereocenters. The lowest BCUT2D eigenvalue weighted by Gasteiger charge is -2.37. The lowest BCUT2D eigenvalue weighted by atomic mass is 9.71. The molecule has 0 bridgehead atoms. The fraction of sp³-hybridized carbons (Fsp3) is 0.588. The van der Waals surface area contributed by atoms with Crippen LogP contribution in [0.5, 0.6) is 0 Å². The molecule has 116 valence electrons. The lowest BCUT2D eigenvalue weighted by molar-refractivity contribution is 0.224. The van der Waals surface area contributed by atoms with Crippen molar-refractivity contribution in [1.82, 2.24) is 10.6 Å². The molecule has 4 nitrogen and oxygen atoms in total. The first kappa shape index (κ1) is 15.8. The number of hydrogen-bond acceptors (Lipinski definition) is 2. The van der Waals surface area contributed by atoms with Gasteiger partial charge in [-0.05, 0) is 42.7 Å². The van der Waals surface area contributed by atoms with E-state index in [4.69, 9.17) is 5.11 Å². The third-order valence-corrected chi connectivity index (χ3v) is 4.37. The van der Waals surface area contributed by atoms with Gasteiger partial charge in [0.15, 0.2) is 0 Å². The van der Waals surface area contributed by atoms with E-state index >= 15 is 0 Å². The van der Waals surface area contributed by atoms with E-state index in [2.05, 4.69) is 42.7 Å². The largest absolute Gasteiger partial charge is 0.396 e. The second kappa shape index (κ2) is 6.48. The van der Waals surface area contributed by atoms with Crippen LogP contribution in [0.25, 0.3) is 0 Å². The number of urea groups is 1. The Balaban J connectivity index is 2.07. The summed E-state index contributed by atoms with van der Waals surface area (Å²) >= 11 is 0. The summed E-state index contributed by atoms with van der Waals surface area (Å²) in [6.45, 7) is 6.49. The molecular formula is C17H26N2O2. The average molecular weight is 290 g/mol. The smallest absolute Gasteiger partial charge is 0.315 e. The summed E-state index contributed by atoms with van der Waals surface area (Å²) in [7, 11) is 0. The van der Waals surface area contributed by atoms with Gasteiger partial charge in [0.25, 0.3) is 0 Å². The van der Waals surface area contributed by atoms with E-state index in [1.54, 1.807) is 0 Å². The zero-order chi connectivity index (χ0) is 15.5. The number of benzene rings is 1. The molecule has 1 unspecified atom stereocenters. The Morgan fingerprint density at radius 1 is 1.43 bits per heavy atom. The Hall–Kier alpha value is -1.55. The normalized spacial score (nSPS) is 21.2. The average Bonchev–Trinajstić information content (AvgIpc) is 2.42. The maximum atomic E-state index is 12.1. The van der Waals surface area contributed by atoms with Crippen LogP contribution in [-0.2, 0) is 5.41 Å². The predicted molar refractivity (Wildman–Crippen MR) is 84.3 cm³/mol. The van der Waals surface area contributed by atoms with Crippen LogP contribution in [0.4, 0.5) is 4.79 Å². The summed E-state index contributed by atoms with van der Waals surface area (Å²) in [6, 6.07) is 8.25. The standard InChI is InChI=1S/C17H26N2O2/c1-12(9-11-20)18-16(21)19-15-8-10-17(2,3)14-7-5-4-6-13(14)15/h4-7,12,15,20H,8-11H2,1-3H3,(H2,18,19,21)/t12-,15?/m1/s1. The molecule has 1 aromatic carbocycles. The highest BCUT2D eigenvalue weighted by Crippen LogP contribution is 2.41. The quantitative estimate of drug-likeness (QED) is 0.798. The highest BCUT2D eigenvalue weighted by molar-refractivity contribution is 5.75. The molecular weight excluding hydrogens is 264 g/mol. The summed E-state index contributed by atoms with van der Waals surface area (Å²) in [4.78, 5) is 12.1. The molecule has 4 heteroatoms. The molecule has 0 aromatic heterocycles. The molecule has 0 saturated heterocycles. The van der Waals surface area contributed by atoms with Crippen LogP contribution in [0, 0.1) is 0 Å². The van der Waals surface area contributed by atoms with Gasteiger partial charge in [0.05, 0.1) is 6.04 Å². The molecule has 1 aliphatic carbocycles. The van der Waals surface area contributed by atoms with Crippen LogP contribution in [0.15, 0.2) is 24.3 Å². The summed E-state index contributed by atoms with van der Waals surface area (Å²) in [5, 5.41) is 14.8. The summed E-state index contributed by atoms with van der Waals surface area (Å²) in [6.07, 6.45) is 2.58. The minimum Gasteiger partial charge on any atom is -0.396 e. The number of aliphatic hydroxyl groups is 1. The van der Waals surface area contributed by atoms with Crippen molar-refractivity contribution in [3.63, 3.8) is 0 Å². The fourth-order valence-corrected chi connectivity index (χ4v) is 3.05. The number of carbonyl (C=O) groups is 1. The van der Waals surface area contributed by atoms with Crippen molar-refractivity contribution in [2.45, 2.75) is 57.5 Å². The molecule has 2 amide bonds. The van der Waals surface area contributed by atoms with Gasteiger partial charge < -0.3 is 15.7 Å². The third-order valence-electron chi connectivity index (χ3n) is 4.37. The van der Waals surface area contributed by atoms with Crippen molar-refractivity contribution in [2.75, 3.05) is 6.61 Å².